The van der Waals surface area contributed by atoms with E-state index in [2.05, 4.69) is 0 Å². The fourth-order valence-corrected chi connectivity index (χ4v) is 1.31. The van der Waals surface area contributed by atoms with Gasteiger partial charge in [0.15, 0.2) is 0 Å². The highest BCUT2D eigenvalue weighted by Gasteiger charge is 2.30. The highest BCUT2D eigenvalue weighted by atomic mass is 127. The van der Waals surface area contributed by atoms with Gasteiger partial charge in [-0.05, 0) is 34.7 Å². The van der Waals surface area contributed by atoms with Crippen LogP contribution in [0, 0.1) is 0 Å². The number of alkyl halides is 5. The minimum Gasteiger partial charge on any atom is -0.290 e. The molecule has 0 heterocycles. The van der Waals surface area contributed by atoms with Crippen molar-refractivity contribution in [3.8, 4) is 0 Å². The summed E-state index contributed by atoms with van der Waals surface area (Å²) in [6.07, 6.45) is -4.44. The molecule has 0 aliphatic heterocycles. The van der Waals surface area contributed by atoms with Gasteiger partial charge in [-0.1, -0.05) is 12.1 Å². The zero-order chi connectivity index (χ0) is 11.6. The molecule has 0 aliphatic rings. The third-order valence-corrected chi connectivity index (χ3v) is 2.26. The van der Waals surface area contributed by atoms with E-state index in [1.807, 2.05) is 0 Å². The molecule has 0 fully saturated rings. The Morgan fingerprint density at radius 3 is 2.00 bits per heavy atom. The maximum atomic E-state index is 12.5. The summed E-state index contributed by atoms with van der Waals surface area (Å²) in [6.45, 7) is 0. The molecule has 1 aromatic carbocycles. The number of carbonyl (C=O) groups excluding carboxylic acids is 1. The van der Waals surface area contributed by atoms with Crippen molar-refractivity contribution in [2.75, 3.05) is 0 Å². The number of rotatable bonds is 2. The Kier molecular flexibility index (Phi) is 3.69. The van der Waals surface area contributed by atoms with Gasteiger partial charge in [-0.25, -0.2) is 4.39 Å². The molecule has 0 spiro atoms. The first-order valence-electron chi connectivity index (χ1n) is 3.82. The monoisotopic (exact) mass is 332 g/mol. The third-order valence-electron chi connectivity index (χ3n) is 1.69. The quantitative estimate of drug-likeness (QED) is 0.350. The largest absolute Gasteiger partial charge is 0.416 e. The Morgan fingerprint density at radius 2 is 1.67 bits per heavy atom. The van der Waals surface area contributed by atoms with Gasteiger partial charge in [0.1, 0.15) is 0 Å². The summed E-state index contributed by atoms with van der Waals surface area (Å²) in [5.41, 5.74) is -0.923. The molecule has 6 heteroatoms. The lowest BCUT2D eigenvalue weighted by atomic mass is 10.1. The molecule has 0 aromatic heterocycles. The van der Waals surface area contributed by atoms with Gasteiger partial charge in [0, 0.05) is 5.56 Å². The molecular formula is C9H5F4IO. The molecule has 0 radical (unpaired) electrons. The highest BCUT2D eigenvalue weighted by molar-refractivity contribution is 14.1. The van der Waals surface area contributed by atoms with E-state index in [-0.39, 0.29) is 5.56 Å². The van der Waals surface area contributed by atoms with Gasteiger partial charge in [0.2, 0.25) is 9.96 Å². The van der Waals surface area contributed by atoms with Crippen molar-refractivity contribution in [2.45, 2.75) is 10.4 Å². The van der Waals surface area contributed by atoms with Gasteiger partial charge in [0.25, 0.3) is 0 Å². The Balaban J connectivity index is 2.96. The maximum absolute atomic E-state index is 12.5. The van der Waals surface area contributed by atoms with Crippen LogP contribution in [0.1, 0.15) is 15.9 Å². The summed E-state index contributed by atoms with van der Waals surface area (Å²) >= 11 is 1.26. The van der Waals surface area contributed by atoms with Crippen LogP contribution < -0.4 is 0 Å². The van der Waals surface area contributed by atoms with Crippen molar-refractivity contribution >= 4 is 28.4 Å². The van der Waals surface area contributed by atoms with Crippen LogP contribution in [0.3, 0.4) is 0 Å². The molecule has 1 atom stereocenters. The predicted molar refractivity (Wildman–Crippen MR) is 54.7 cm³/mol. The van der Waals surface area contributed by atoms with E-state index < -0.39 is 21.7 Å². The molecule has 0 bridgehead atoms. The summed E-state index contributed by atoms with van der Waals surface area (Å²) in [5, 5.41) is 0. The van der Waals surface area contributed by atoms with Crippen LogP contribution in [-0.4, -0.2) is 9.96 Å². The van der Waals surface area contributed by atoms with Crippen molar-refractivity contribution in [1.29, 1.82) is 0 Å². The molecule has 1 nitrogen and oxygen atoms in total. The maximum Gasteiger partial charge on any atom is 0.416 e. The summed E-state index contributed by atoms with van der Waals surface area (Å²) in [7, 11) is 0. The van der Waals surface area contributed by atoms with E-state index >= 15 is 0 Å². The van der Waals surface area contributed by atoms with E-state index in [4.69, 9.17) is 0 Å². The average molecular weight is 332 g/mol. The summed E-state index contributed by atoms with van der Waals surface area (Å²) in [4.78, 5) is 11.0. The predicted octanol–water partition coefficient (Wildman–Crippen LogP) is 3.62. The number of ketones is 1. The van der Waals surface area contributed by atoms with E-state index in [1.165, 1.54) is 22.6 Å². The minimum atomic E-state index is -4.44. The van der Waals surface area contributed by atoms with Gasteiger partial charge >= 0.3 is 6.18 Å². The number of carbonyl (C=O) groups is 1. The molecule has 1 rings (SSSR count). The molecule has 1 aromatic rings. The first kappa shape index (κ1) is 12.4. The molecule has 0 amide bonds. The first-order valence-corrected chi connectivity index (χ1v) is 5.06. The van der Waals surface area contributed by atoms with Crippen LogP contribution in [0.5, 0.6) is 0 Å². The van der Waals surface area contributed by atoms with Gasteiger partial charge < -0.3 is 0 Å². The van der Waals surface area contributed by atoms with Crippen LogP contribution in [0.4, 0.5) is 17.6 Å². The van der Waals surface area contributed by atoms with Crippen molar-refractivity contribution in [3.63, 3.8) is 0 Å². The fraction of sp³-hybridized carbons (Fsp3) is 0.222. The summed E-state index contributed by atoms with van der Waals surface area (Å²) in [5.74, 6) is -0.829. The molecule has 0 aliphatic carbocycles. The van der Waals surface area contributed by atoms with Crippen molar-refractivity contribution in [2.24, 2.45) is 0 Å². The van der Waals surface area contributed by atoms with Gasteiger partial charge in [-0.3, -0.25) is 4.79 Å². The number of Topliss-reactive ketones (excluding diaryl/α,β-unsaturated/α-hetero) is 1. The molecule has 82 valence electrons. The topological polar surface area (TPSA) is 17.1 Å². The van der Waals surface area contributed by atoms with E-state index in [9.17, 15) is 22.4 Å². The number of hydrogen-bond acceptors (Lipinski definition) is 1. The smallest absolute Gasteiger partial charge is 0.290 e. The van der Waals surface area contributed by atoms with Crippen molar-refractivity contribution in [1.82, 2.24) is 0 Å². The van der Waals surface area contributed by atoms with E-state index in [1.54, 1.807) is 0 Å². The lowest BCUT2D eigenvalue weighted by Gasteiger charge is -2.07. The second kappa shape index (κ2) is 4.46. The summed E-state index contributed by atoms with van der Waals surface area (Å²) < 4.78 is 47.1. The zero-order valence-electron chi connectivity index (χ0n) is 7.18. The molecule has 0 saturated carbocycles. The van der Waals surface area contributed by atoms with Crippen molar-refractivity contribution < 1.29 is 22.4 Å². The second-order valence-corrected chi connectivity index (χ2v) is 3.83. The molecule has 0 N–H and O–H groups in total. The van der Waals surface area contributed by atoms with Crippen LogP contribution >= 0.6 is 22.6 Å². The number of halogens is 5. The Hall–Kier alpha value is -0.660. The van der Waals surface area contributed by atoms with Gasteiger partial charge in [0.05, 0.1) is 5.56 Å². The average Bonchev–Trinajstić information content (AvgIpc) is 2.15. The SMILES string of the molecule is O=C(c1ccc(C(F)(F)F)cc1)C(F)I. The Bertz CT molecular complexity index is 355. The van der Waals surface area contributed by atoms with E-state index in [0.717, 1.165) is 24.3 Å². The molecular weight excluding hydrogens is 327 g/mol. The van der Waals surface area contributed by atoms with Crippen LogP contribution in [0.15, 0.2) is 24.3 Å². The van der Waals surface area contributed by atoms with Crippen LogP contribution in [-0.2, 0) is 6.18 Å². The standard InChI is InChI=1S/C9H5F4IO/c10-8(14)7(15)5-1-3-6(4-2-5)9(11,12)13/h1-4,8H. The highest BCUT2D eigenvalue weighted by Crippen LogP contribution is 2.29. The van der Waals surface area contributed by atoms with E-state index in [0.29, 0.717) is 0 Å². The second-order valence-electron chi connectivity index (χ2n) is 2.74. The third kappa shape index (κ3) is 3.15. The Morgan fingerprint density at radius 1 is 1.20 bits per heavy atom. The molecule has 1 unspecified atom stereocenters. The van der Waals surface area contributed by atoms with Gasteiger partial charge in [-0.15, -0.1) is 0 Å². The van der Waals surface area contributed by atoms with Gasteiger partial charge in [-0.2, -0.15) is 13.2 Å². The fourth-order valence-electron chi connectivity index (χ4n) is 0.949. The minimum absolute atomic E-state index is 0.0649. The first-order chi connectivity index (χ1) is 6.82. The molecule has 15 heavy (non-hydrogen) atoms. The normalized spacial score (nSPS) is 13.7. The molecule has 0 saturated heterocycles. The summed E-state index contributed by atoms with van der Waals surface area (Å²) in [6, 6.07) is 3.45. The number of hydrogen-bond donors (Lipinski definition) is 0. The van der Waals surface area contributed by atoms with Crippen molar-refractivity contribution in [3.05, 3.63) is 35.4 Å². The van der Waals surface area contributed by atoms with Crippen LogP contribution in [0.25, 0.3) is 0 Å². The van der Waals surface area contributed by atoms with Crippen LogP contribution in [0.2, 0.25) is 0 Å². The number of benzene rings is 1. The lowest BCUT2D eigenvalue weighted by molar-refractivity contribution is -0.137. The lowest BCUT2D eigenvalue weighted by Crippen LogP contribution is -2.10. The zero-order valence-corrected chi connectivity index (χ0v) is 9.34. The Labute approximate surface area is 96.6 Å².